The number of hydrogen-bond acceptors (Lipinski definition) is 2. The van der Waals surface area contributed by atoms with Gasteiger partial charge in [-0.3, -0.25) is 4.79 Å². The molecule has 0 saturated heterocycles. The van der Waals surface area contributed by atoms with E-state index < -0.39 is 0 Å². The average molecular weight is 388 g/mol. The van der Waals surface area contributed by atoms with Crippen LogP contribution in [0.2, 0.25) is 0 Å². The fourth-order valence-electron chi connectivity index (χ4n) is 1.85. The highest BCUT2D eigenvalue weighted by Crippen LogP contribution is 2.18. The highest BCUT2D eigenvalue weighted by Gasteiger charge is 2.03. The molecular formula is C17H13IN2O. The van der Waals surface area contributed by atoms with Gasteiger partial charge in [-0.25, -0.2) is 0 Å². The fraction of sp³-hybridized carbons (Fsp3) is 0.0588. The third-order valence-corrected chi connectivity index (χ3v) is 3.61. The number of hydrogen-bond donors (Lipinski definition) is 1. The zero-order valence-electron chi connectivity index (χ0n) is 11.4. The molecule has 3 nitrogen and oxygen atoms in total. The second kappa shape index (κ2) is 7.04. The van der Waals surface area contributed by atoms with Gasteiger partial charge in [0.15, 0.2) is 0 Å². The normalized spacial score (nSPS) is 10.3. The van der Waals surface area contributed by atoms with Gasteiger partial charge >= 0.3 is 0 Å². The van der Waals surface area contributed by atoms with Crippen molar-refractivity contribution in [2.75, 3.05) is 5.32 Å². The van der Waals surface area contributed by atoms with Gasteiger partial charge in [0.1, 0.15) is 0 Å². The molecule has 0 atom stereocenters. The number of benzene rings is 2. The van der Waals surface area contributed by atoms with Crippen LogP contribution in [0.4, 0.5) is 5.69 Å². The maximum atomic E-state index is 11.9. The van der Waals surface area contributed by atoms with Gasteiger partial charge in [0.05, 0.1) is 11.6 Å². The highest BCUT2D eigenvalue weighted by atomic mass is 127. The zero-order valence-corrected chi connectivity index (χ0v) is 13.6. The van der Waals surface area contributed by atoms with Crippen molar-refractivity contribution in [3.63, 3.8) is 0 Å². The van der Waals surface area contributed by atoms with Gasteiger partial charge in [0, 0.05) is 15.3 Å². The number of nitrogens with zero attached hydrogens (tertiary/aromatic N) is 1. The summed E-state index contributed by atoms with van der Waals surface area (Å²) in [6.07, 6.45) is 3.09. The van der Waals surface area contributed by atoms with Gasteiger partial charge < -0.3 is 5.32 Å². The lowest BCUT2D eigenvalue weighted by atomic mass is 10.1. The molecule has 21 heavy (non-hydrogen) atoms. The van der Waals surface area contributed by atoms with Gasteiger partial charge in [-0.15, -0.1) is 0 Å². The van der Waals surface area contributed by atoms with E-state index in [1.54, 1.807) is 24.3 Å². The van der Waals surface area contributed by atoms with Crippen molar-refractivity contribution in [2.45, 2.75) is 6.92 Å². The van der Waals surface area contributed by atoms with E-state index in [4.69, 9.17) is 5.26 Å². The highest BCUT2D eigenvalue weighted by molar-refractivity contribution is 14.1. The van der Waals surface area contributed by atoms with Crippen LogP contribution in [0.25, 0.3) is 6.08 Å². The van der Waals surface area contributed by atoms with Crippen LogP contribution in [0.3, 0.4) is 0 Å². The minimum absolute atomic E-state index is 0.216. The number of halogens is 1. The summed E-state index contributed by atoms with van der Waals surface area (Å²) in [5.74, 6) is -0.216. The van der Waals surface area contributed by atoms with Crippen molar-refractivity contribution in [2.24, 2.45) is 0 Å². The van der Waals surface area contributed by atoms with E-state index in [1.807, 2.05) is 31.2 Å². The van der Waals surface area contributed by atoms with E-state index in [0.717, 1.165) is 20.4 Å². The molecule has 1 amide bonds. The van der Waals surface area contributed by atoms with E-state index in [-0.39, 0.29) is 5.91 Å². The first kappa shape index (κ1) is 15.3. The summed E-state index contributed by atoms with van der Waals surface area (Å²) in [7, 11) is 0. The summed E-state index contributed by atoms with van der Waals surface area (Å²) in [5.41, 5.74) is 3.08. The van der Waals surface area contributed by atoms with Crippen molar-refractivity contribution >= 4 is 40.3 Å². The van der Waals surface area contributed by atoms with Crippen LogP contribution in [0.15, 0.2) is 48.5 Å². The summed E-state index contributed by atoms with van der Waals surface area (Å²) in [5, 5.41) is 11.8. The van der Waals surface area contributed by atoms with E-state index in [0.29, 0.717) is 5.56 Å². The summed E-state index contributed by atoms with van der Waals surface area (Å²) in [6.45, 7) is 1.95. The predicted octanol–water partition coefficient (Wildman–Crippen LogP) is 4.12. The van der Waals surface area contributed by atoms with Crippen molar-refractivity contribution in [1.29, 1.82) is 5.26 Å². The second-order valence-corrected chi connectivity index (χ2v) is 5.73. The van der Waals surface area contributed by atoms with Crippen LogP contribution in [0.1, 0.15) is 16.7 Å². The minimum Gasteiger partial charge on any atom is -0.322 e. The molecule has 0 fully saturated rings. The number of aryl methyl sites for hydroxylation is 1. The summed E-state index contributed by atoms with van der Waals surface area (Å²) in [6, 6.07) is 15.1. The smallest absolute Gasteiger partial charge is 0.248 e. The van der Waals surface area contributed by atoms with E-state index in [2.05, 4.69) is 34.0 Å². The van der Waals surface area contributed by atoms with Gasteiger partial charge in [0.25, 0.3) is 0 Å². The lowest BCUT2D eigenvalue weighted by molar-refractivity contribution is -0.111. The first-order valence-corrected chi connectivity index (χ1v) is 7.42. The molecule has 2 aromatic rings. The Balaban J connectivity index is 2.11. The Labute approximate surface area is 137 Å². The van der Waals surface area contributed by atoms with Crippen LogP contribution < -0.4 is 5.32 Å². The Morgan fingerprint density at radius 3 is 2.76 bits per heavy atom. The first-order valence-electron chi connectivity index (χ1n) is 6.34. The van der Waals surface area contributed by atoms with Crippen LogP contribution in [-0.4, -0.2) is 5.91 Å². The third-order valence-electron chi connectivity index (χ3n) is 2.94. The number of amides is 1. The molecule has 0 aliphatic heterocycles. The molecule has 0 spiro atoms. The molecule has 0 heterocycles. The van der Waals surface area contributed by atoms with Crippen LogP contribution >= 0.6 is 22.6 Å². The van der Waals surface area contributed by atoms with Crippen LogP contribution in [0, 0.1) is 21.8 Å². The molecule has 4 heteroatoms. The second-order valence-electron chi connectivity index (χ2n) is 4.48. The summed E-state index contributed by atoms with van der Waals surface area (Å²) in [4.78, 5) is 11.9. The molecule has 0 unspecified atom stereocenters. The SMILES string of the molecule is Cc1cc(I)ccc1NC(=O)/C=C/c1ccccc1C#N. The van der Waals surface area contributed by atoms with Crippen LogP contribution in [0.5, 0.6) is 0 Å². The molecule has 104 valence electrons. The molecule has 1 N–H and O–H groups in total. The molecule has 0 aliphatic carbocycles. The Hall–Kier alpha value is -2.13. The Bertz CT molecular complexity index is 745. The quantitative estimate of drug-likeness (QED) is 0.635. The number of anilines is 1. The van der Waals surface area contributed by atoms with Gasteiger partial charge in [-0.1, -0.05) is 18.2 Å². The lowest BCUT2D eigenvalue weighted by Gasteiger charge is -2.06. The topological polar surface area (TPSA) is 52.9 Å². The largest absolute Gasteiger partial charge is 0.322 e. The van der Waals surface area contributed by atoms with E-state index in [9.17, 15) is 4.79 Å². The maximum absolute atomic E-state index is 11.9. The Kier molecular flexibility index (Phi) is 5.12. The molecule has 0 saturated carbocycles. The number of carbonyl (C=O) groups excluding carboxylic acids is 1. The van der Waals surface area contributed by atoms with Gasteiger partial charge in [0.2, 0.25) is 5.91 Å². The van der Waals surface area contributed by atoms with E-state index >= 15 is 0 Å². The number of rotatable bonds is 3. The van der Waals surface area contributed by atoms with Gasteiger partial charge in [-0.2, -0.15) is 5.26 Å². The fourth-order valence-corrected chi connectivity index (χ4v) is 2.50. The van der Waals surface area contributed by atoms with Crippen molar-refractivity contribution < 1.29 is 4.79 Å². The summed E-state index contributed by atoms with van der Waals surface area (Å²) < 4.78 is 1.13. The molecule has 0 aromatic heterocycles. The summed E-state index contributed by atoms with van der Waals surface area (Å²) >= 11 is 2.23. The molecule has 2 aromatic carbocycles. The molecular weight excluding hydrogens is 375 g/mol. The monoisotopic (exact) mass is 388 g/mol. The lowest BCUT2D eigenvalue weighted by Crippen LogP contribution is -2.09. The average Bonchev–Trinajstić information content (AvgIpc) is 2.48. The number of nitrogens with one attached hydrogen (secondary N) is 1. The first-order chi connectivity index (χ1) is 10.1. The molecule has 0 bridgehead atoms. The van der Waals surface area contributed by atoms with E-state index in [1.165, 1.54) is 6.08 Å². The molecule has 0 aliphatic rings. The molecule has 2 rings (SSSR count). The Morgan fingerprint density at radius 2 is 2.05 bits per heavy atom. The third kappa shape index (κ3) is 4.17. The zero-order chi connectivity index (χ0) is 15.2. The Morgan fingerprint density at radius 1 is 1.29 bits per heavy atom. The minimum atomic E-state index is -0.216. The van der Waals surface area contributed by atoms with Crippen molar-refractivity contribution in [3.05, 3.63) is 68.8 Å². The molecule has 0 radical (unpaired) electrons. The van der Waals surface area contributed by atoms with Gasteiger partial charge in [-0.05, 0) is 71.0 Å². The standard InChI is InChI=1S/C17H13IN2O/c1-12-10-15(18)7-8-16(12)20-17(21)9-6-13-4-2-3-5-14(13)11-19/h2-10H,1H3,(H,20,21)/b9-6+. The van der Waals surface area contributed by atoms with Crippen molar-refractivity contribution in [3.8, 4) is 6.07 Å². The maximum Gasteiger partial charge on any atom is 0.248 e. The number of carbonyl (C=O) groups is 1. The van der Waals surface area contributed by atoms with Crippen molar-refractivity contribution in [1.82, 2.24) is 0 Å². The predicted molar refractivity (Wildman–Crippen MR) is 92.7 cm³/mol. The number of nitriles is 1. The van der Waals surface area contributed by atoms with Crippen LogP contribution in [-0.2, 0) is 4.79 Å².